The van der Waals surface area contributed by atoms with Crippen molar-refractivity contribution in [1.82, 2.24) is 10.2 Å². The second-order valence-electron chi connectivity index (χ2n) is 5.25. The zero-order valence-corrected chi connectivity index (χ0v) is 12.2. The molecule has 2 atom stereocenters. The Balaban J connectivity index is 2.26. The predicted octanol–water partition coefficient (Wildman–Crippen LogP) is 0.364. The molecule has 0 aromatic rings. The molecule has 1 aliphatic rings. The van der Waals surface area contributed by atoms with E-state index in [1.807, 2.05) is 0 Å². The summed E-state index contributed by atoms with van der Waals surface area (Å²) in [5, 5.41) is 2.87. The van der Waals surface area contributed by atoms with Crippen molar-refractivity contribution in [1.29, 1.82) is 0 Å². The van der Waals surface area contributed by atoms with Crippen LogP contribution in [-0.4, -0.2) is 56.2 Å². The number of ether oxygens (including phenoxy) is 1. The molecule has 110 valence electrons. The van der Waals surface area contributed by atoms with Gasteiger partial charge in [-0.1, -0.05) is 26.8 Å². The summed E-state index contributed by atoms with van der Waals surface area (Å²) in [4.78, 5) is 14.1. The van der Waals surface area contributed by atoms with E-state index in [2.05, 4.69) is 30.6 Å². The van der Waals surface area contributed by atoms with Crippen LogP contribution in [0.1, 0.15) is 20.3 Å². The van der Waals surface area contributed by atoms with Crippen molar-refractivity contribution >= 4 is 5.91 Å². The second-order valence-corrected chi connectivity index (χ2v) is 5.25. The van der Waals surface area contributed by atoms with Crippen LogP contribution in [0.2, 0.25) is 0 Å². The summed E-state index contributed by atoms with van der Waals surface area (Å²) >= 11 is 0. The van der Waals surface area contributed by atoms with Crippen molar-refractivity contribution in [3.05, 3.63) is 12.2 Å². The minimum Gasteiger partial charge on any atom is -0.379 e. The van der Waals surface area contributed by atoms with Crippen molar-refractivity contribution in [3.8, 4) is 0 Å². The summed E-state index contributed by atoms with van der Waals surface area (Å²) in [6.07, 6.45) is 1.02. The van der Waals surface area contributed by atoms with E-state index >= 15 is 0 Å². The number of rotatable bonds is 7. The largest absolute Gasteiger partial charge is 0.379 e. The van der Waals surface area contributed by atoms with Gasteiger partial charge in [0.2, 0.25) is 5.91 Å². The Kier molecular flexibility index (Phi) is 7.05. The molecule has 1 rings (SSSR count). The van der Waals surface area contributed by atoms with Crippen LogP contribution in [0, 0.1) is 5.92 Å². The van der Waals surface area contributed by atoms with Gasteiger partial charge in [-0.25, -0.2) is 0 Å². The van der Waals surface area contributed by atoms with Gasteiger partial charge in [-0.05, 0) is 5.92 Å². The lowest BCUT2D eigenvalue weighted by atomic mass is 10.00. The molecule has 0 radical (unpaired) electrons. The number of morpholine rings is 1. The van der Waals surface area contributed by atoms with E-state index in [9.17, 15) is 4.79 Å². The summed E-state index contributed by atoms with van der Waals surface area (Å²) in [7, 11) is 0. The Morgan fingerprint density at radius 3 is 2.68 bits per heavy atom. The highest BCUT2D eigenvalue weighted by Crippen LogP contribution is 2.05. The molecule has 1 fully saturated rings. The van der Waals surface area contributed by atoms with Crippen LogP contribution in [0.25, 0.3) is 0 Å². The number of hydrogen-bond donors (Lipinski definition) is 2. The SMILES string of the molecule is C=C(CN1CCOCC1)C(=O)NCC(N)[C@@H](C)CC. The zero-order chi connectivity index (χ0) is 14.3. The van der Waals surface area contributed by atoms with Gasteiger partial charge in [0.15, 0.2) is 0 Å². The van der Waals surface area contributed by atoms with E-state index in [4.69, 9.17) is 10.5 Å². The van der Waals surface area contributed by atoms with E-state index in [1.54, 1.807) is 0 Å². The van der Waals surface area contributed by atoms with Gasteiger partial charge in [0, 0.05) is 37.8 Å². The Hall–Kier alpha value is -0.910. The average Bonchev–Trinajstić information content (AvgIpc) is 2.44. The lowest BCUT2D eigenvalue weighted by Crippen LogP contribution is -2.43. The highest BCUT2D eigenvalue weighted by atomic mass is 16.5. The van der Waals surface area contributed by atoms with Crippen molar-refractivity contribution in [3.63, 3.8) is 0 Å². The van der Waals surface area contributed by atoms with E-state index in [-0.39, 0.29) is 11.9 Å². The van der Waals surface area contributed by atoms with Gasteiger partial charge >= 0.3 is 0 Å². The molecular weight excluding hydrogens is 242 g/mol. The lowest BCUT2D eigenvalue weighted by Gasteiger charge is -2.27. The molecule has 1 heterocycles. The fraction of sp³-hybridized carbons (Fsp3) is 0.786. The smallest absolute Gasteiger partial charge is 0.247 e. The fourth-order valence-electron chi connectivity index (χ4n) is 1.94. The molecule has 0 aromatic heterocycles. The molecule has 1 saturated heterocycles. The van der Waals surface area contributed by atoms with E-state index in [0.29, 0.717) is 24.6 Å². The molecule has 5 heteroatoms. The number of nitrogens with zero attached hydrogens (tertiary/aromatic N) is 1. The van der Waals surface area contributed by atoms with E-state index in [0.717, 1.165) is 32.7 Å². The molecule has 0 spiro atoms. The third-order valence-corrected chi connectivity index (χ3v) is 3.71. The second kappa shape index (κ2) is 8.30. The Morgan fingerprint density at radius 1 is 1.47 bits per heavy atom. The first-order chi connectivity index (χ1) is 9.04. The lowest BCUT2D eigenvalue weighted by molar-refractivity contribution is -0.118. The number of carbonyl (C=O) groups is 1. The molecule has 19 heavy (non-hydrogen) atoms. The third-order valence-electron chi connectivity index (χ3n) is 3.71. The van der Waals surface area contributed by atoms with E-state index in [1.165, 1.54) is 0 Å². The normalized spacial score (nSPS) is 19.7. The molecule has 0 aliphatic carbocycles. The molecule has 1 unspecified atom stereocenters. The quantitative estimate of drug-likeness (QED) is 0.655. The first kappa shape index (κ1) is 16.1. The van der Waals surface area contributed by atoms with Gasteiger partial charge in [0.1, 0.15) is 0 Å². The van der Waals surface area contributed by atoms with Crippen molar-refractivity contribution in [2.45, 2.75) is 26.3 Å². The van der Waals surface area contributed by atoms with Crippen LogP contribution in [0.4, 0.5) is 0 Å². The minimum atomic E-state index is -0.0924. The average molecular weight is 269 g/mol. The Morgan fingerprint density at radius 2 is 2.11 bits per heavy atom. The van der Waals surface area contributed by atoms with Crippen LogP contribution in [-0.2, 0) is 9.53 Å². The summed E-state index contributed by atoms with van der Waals surface area (Å²) in [6.45, 7) is 12.3. The topological polar surface area (TPSA) is 67.6 Å². The van der Waals surface area contributed by atoms with Crippen LogP contribution in [0.5, 0.6) is 0 Å². The molecule has 0 aromatic carbocycles. The summed E-state index contributed by atoms with van der Waals surface area (Å²) in [6, 6.07) is 0.00476. The molecule has 5 nitrogen and oxygen atoms in total. The highest BCUT2D eigenvalue weighted by molar-refractivity contribution is 5.93. The van der Waals surface area contributed by atoms with Gasteiger partial charge in [0.25, 0.3) is 0 Å². The highest BCUT2D eigenvalue weighted by Gasteiger charge is 2.16. The zero-order valence-electron chi connectivity index (χ0n) is 12.2. The van der Waals surface area contributed by atoms with Crippen molar-refractivity contribution in [2.24, 2.45) is 11.7 Å². The Bertz CT molecular complexity index is 301. The minimum absolute atomic E-state index is 0.00476. The first-order valence-corrected chi connectivity index (χ1v) is 7.06. The summed E-state index contributed by atoms with van der Waals surface area (Å²) < 4.78 is 5.27. The first-order valence-electron chi connectivity index (χ1n) is 7.06. The van der Waals surface area contributed by atoms with Gasteiger partial charge in [-0.3, -0.25) is 9.69 Å². The van der Waals surface area contributed by atoms with Crippen LogP contribution in [0.3, 0.4) is 0 Å². The standard InChI is InChI=1S/C14H27N3O2/c1-4-11(2)13(15)9-16-14(18)12(3)10-17-5-7-19-8-6-17/h11,13H,3-10,15H2,1-2H3,(H,16,18)/t11-,13?/m0/s1. The van der Waals surface area contributed by atoms with Gasteiger partial charge in [-0.15, -0.1) is 0 Å². The van der Waals surface area contributed by atoms with Crippen LogP contribution in [0.15, 0.2) is 12.2 Å². The summed E-state index contributed by atoms with van der Waals surface area (Å²) in [5.41, 5.74) is 6.58. The van der Waals surface area contributed by atoms with Crippen molar-refractivity contribution in [2.75, 3.05) is 39.4 Å². The van der Waals surface area contributed by atoms with Gasteiger partial charge in [-0.2, -0.15) is 0 Å². The summed E-state index contributed by atoms with van der Waals surface area (Å²) in [5.74, 6) is 0.318. The predicted molar refractivity (Wildman–Crippen MR) is 76.8 cm³/mol. The molecular formula is C14H27N3O2. The number of amides is 1. The molecule has 0 saturated carbocycles. The third kappa shape index (κ3) is 5.72. The monoisotopic (exact) mass is 269 g/mol. The maximum Gasteiger partial charge on any atom is 0.247 e. The number of hydrogen-bond acceptors (Lipinski definition) is 4. The molecule has 0 bridgehead atoms. The Labute approximate surface area is 116 Å². The van der Waals surface area contributed by atoms with Crippen molar-refractivity contribution < 1.29 is 9.53 Å². The number of nitrogens with one attached hydrogen (secondary N) is 1. The maximum atomic E-state index is 11.9. The molecule has 1 aliphatic heterocycles. The van der Waals surface area contributed by atoms with Crippen LogP contribution >= 0.6 is 0 Å². The van der Waals surface area contributed by atoms with Gasteiger partial charge < -0.3 is 15.8 Å². The van der Waals surface area contributed by atoms with Gasteiger partial charge in [0.05, 0.1) is 13.2 Å². The maximum absolute atomic E-state index is 11.9. The van der Waals surface area contributed by atoms with Crippen LogP contribution < -0.4 is 11.1 Å². The molecule has 3 N–H and O–H groups in total. The number of nitrogens with two attached hydrogens (primary N) is 1. The fourth-order valence-corrected chi connectivity index (χ4v) is 1.94. The molecule has 1 amide bonds. The van der Waals surface area contributed by atoms with E-state index < -0.39 is 0 Å². The number of carbonyl (C=O) groups excluding carboxylic acids is 1.